The fourth-order valence-electron chi connectivity index (χ4n) is 3.31. The lowest BCUT2D eigenvalue weighted by molar-refractivity contribution is -0.130. The number of benzene rings is 2. The lowest BCUT2D eigenvalue weighted by Crippen LogP contribution is -2.51. The van der Waals surface area contributed by atoms with E-state index >= 15 is 0 Å². The molecule has 1 heterocycles. The van der Waals surface area contributed by atoms with E-state index in [0.717, 1.165) is 24.3 Å². The molecule has 1 unspecified atom stereocenters. The summed E-state index contributed by atoms with van der Waals surface area (Å²) in [5.41, 5.74) is 1.85. The van der Waals surface area contributed by atoms with Gasteiger partial charge in [-0.15, -0.1) is 0 Å². The normalized spacial score (nSPS) is 15.4. The number of hydrogen-bond acceptors (Lipinski definition) is 4. The monoisotopic (exact) mass is 405 g/mol. The molecular formula is C21H25ClFN3O2. The standard InChI is InChI=1S/C21H25ClFN3O2/c1-15(16-6-7-20(28-2)19(23)12-16)24-14-21(27)26-10-8-25(9-11-26)18-5-3-4-17(22)13-18/h3-7,12-13,15,24H,8-11,14H2,1-2H3. The van der Waals surface area contributed by atoms with Crippen molar-refractivity contribution >= 4 is 23.2 Å². The van der Waals surface area contributed by atoms with Crippen LogP contribution >= 0.6 is 11.6 Å². The fraction of sp³-hybridized carbons (Fsp3) is 0.381. The van der Waals surface area contributed by atoms with Crippen molar-refractivity contribution in [3.8, 4) is 5.75 Å². The van der Waals surface area contributed by atoms with Gasteiger partial charge in [-0.2, -0.15) is 0 Å². The zero-order valence-electron chi connectivity index (χ0n) is 16.1. The average Bonchev–Trinajstić information content (AvgIpc) is 2.71. The number of carbonyl (C=O) groups is 1. The van der Waals surface area contributed by atoms with Gasteiger partial charge in [-0.05, 0) is 42.8 Å². The highest BCUT2D eigenvalue weighted by atomic mass is 35.5. The van der Waals surface area contributed by atoms with E-state index in [4.69, 9.17) is 16.3 Å². The zero-order chi connectivity index (χ0) is 20.1. The van der Waals surface area contributed by atoms with Crippen LogP contribution in [0.15, 0.2) is 42.5 Å². The number of nitrogens with one attached hydrogen (secondary N) is 1. The second-order valence-corrected chi connectivity index (χ2v) is 7.28. The third-order valence-corrected chi connectivity index (χ3v) is 5.28. The number of carbonyl (C=O) groups excluding carboxylic acids is 1. The summed E-state index contributed by atoms with van der Waals surface area (Å²) < 4.78 is 18.8. The maximum Gasteiger partial charge on any atom is 0.236 e. The number of nitrogens with zero attached hydrogens (tertiary/aromatic N) is 2. The van der Waals surface area contributed by atoms with E-state index in [1.54, 1.807) is 12.1 Å². The van der Waals surface area contributed by atoms with E-state index in [2.05, 4.69) is 10.2 Å². The summed E-state index contributed by atoms with van der Waals surface area (Å²) in [5.74, 6) is -0.145. The molecule has 1 atom stereocenters. The van der Waals surface area contributed by atoms with Gasteiger partial charge in [0.05, 0.1) is 13.7 Å². The van der Waals surface area contributed by atoms with Crippen molar-refractivity contribution < 1.29 is 13.9 Å². The number of ether oxygens (including phenoxy) is 1. The average molecular weight is 406 g/mol. The summed E-state index contributed by atoms with van der Waals surface area (Å²) in [6, 6.07) is 12.4. The number of halogens is 2. The first-order valence-corrected chi connectivity index (χ1v) is 9.71. The Kier molecular flexibility index (Phi) is 6.75. The molecule has 0 radical (unpaired) electrons. The Morgan fingerprint density at radius 2 is 1.96 bits per heavy atom. The summed E-state index contributed by atoms with van der Waals surface area (Å²) in [7, 11) is 1.44. The Morgan fingerprint density at radius 3 is 2.61 bits per heavy atom. The Morgan fingerprint density at radius 1 is 1.21 bits per heavy atom. The van der Waals surface area contributed by atoms with E-state index in [9.17, 15) is 9.18 Å². The summed E-state index contributed by atoms with van der Waals surface area (Å²) in [6.45, 7) is 4.99. The van der Waals surface area contributed by atoms with Crippen LogP contribution in [0.1, 0.15) is 18.5 Å². The molecule has 1 aliphatic rings. The zero-order valence-corrected chi connectivity index (χ0v) is 16.9. The quantitative estimate of drug-likeness (QED) is 0.799. The molecule has 5 nitrogen and oxygen atoms in total. The molecule has 150 valence electrons. The SMILES string of the molecule is COc1ccc(C(C)NCC(=O)N2CCN(c3cccc(Cl)c3)CC2)cc1F. The third-order valence-electron chi connectivity index (χ3n) is 5.04. The van der Waals surface area contributed by atoms with Crippen LogP contribution in [0.4, 0.5) is 10.1 Å². The minimum Gasteiger partial charge on any atom is -0.494 e. The highest BCUT2D eigenvalue weighted by molar-refractivity contribution is 6.30. The number of anilines is 1. The van der Waals surface area contributed by atoms with Crippen LogP contribution < -0.4 is 15.0 Å². The molecule has 0 saturated carbocycles. The topological polar surface area (TPSA) is 44.8 Å². The highest BCUT2D eigenvalue weighted by Gasteiger charge is 2.22. The second-order valence-electron chi connectivity index (χ2n) is 6.84. The van der Waals surface area contributed by atoms with Gasteiger partial charge in [0, 0.05) is 42.9 Å². The predicted molar refractivity (Wildman–Crippen MR) is 110 cm³/mol. The van der Waals surface area contributed by atoms with Crippen LogP contribution in [0.25, 0.3) is 0 Å². The van der Waals surface area contributed by atoms with Gasteiger partial charge in [0.15, 0.2) is 11.6 Å². The molecule has 0 bridgehead atoms. The van der Waals surface area contributed by atoms with Crippen molar-refractivity contribution in [2.75, 3.05) is 44.7 Å². The van der Waals surface area contributed by atoms with E-state index in [-0.39, 0.29) is 24.2 Å². The highest BCUT2D eigenvalue weighted by Crippen LogP contribution is 2.22. The van der Waals surface area contributed by atoms with Gasteiger partial charge in [0.1, 0.15) is 0 Å². The fourth-order valence-corrected chi connectivity index (χ4v) is 3.49. The van der Waals surface area contributed by atoms with Crippen LogP contribution in [-0.4, -0.2) is 50.6 Å². The van der Waals surface area contributed by atoms with Crippen molar-refractivity contribution in [2.45, 2.75) is 13.0 Å². The molecular weight excluding hydrogens is 381 g/mol. The van der Waals surface area contributed by atoms with E-state index < -0.39 is 5.82 Å². The molecule has 0 aromatic heterocycles. The van der Waals surface area contributed by atoms with Gasteiger partial charge in [-0.3, -0.25) is 4.79 Å². The molecule has 7 heteroatoms. The van der Waals surface area contributed by atoms with Crippen molar-refractivity contribution in [1.29, 1.82) is 0 Å². The third kappa shape index (κ3) is 4.94. The van der Waals surface area contributed by atoms with Gasteiger partial charge in [-0.1, -0.05) is 23.7 Å². The first-order chi connectivity index (χ1) is 13.5. The molecule has 2 aromatic carbocycles. The second kappa shape index (κ2) is 9.26. The van der Waals surface area contributed by atoms with Crippen LogP contribution in [0, 0.1) is 5.82 Å². The molecule has 1 amide bonds. The Bertz CT molecular complexity index is 825. The van der Waals surface area contributed by atoms with Gasteiger partial charge in [0.2, 0.25) is 5.91 Å². The maximum atomic E-state index is 13.9. The lowest BCUT2D eigenvalue weighted by atomic mass is 10.1. The first-order valence-electron chi connectivity index (χ1n) is 9.33. The molecule has 2 aromatic rings. The van der Waals surface area contributed by atoms with Crippen LogP contribution in [0.2, 0.25) is 5.02 Å². The molecule has 0 aliphatic carbocycles. The van der Waals surface area contributed by atoms with Crippen molar-refractivity contribution in [3.63, 3.8) is 0 Å². The molecule has 1 N–H and O–H groups in total. The Labute approximate surface area is 170 Å². The minimum atomic E-state index is -0.405. The van der Waals surface area contributed by atoms with E-state index in [0.29, 0.717) is 18.1 Å². The molecule has 1 saturated heterocycles. The Balaban J connectivity index is 1.48. The van der Waals surface area contributed by atoms with Gasteiger partial charge < -0.3 is 19.9 Å². The smallest absolute Gasteiger partial charge is 0.236 e. The molecule has 1 aliphatic heterocycles. The number of piperazine rings is 1. The summed E-state index contributed by atoms with van der Waals surface area (Å²) in [5, 5.41) is 3.89. The van der Waals surface area contributed by atoms with Gasteiger partial charge in [-0.25, -0.2) is 4.39 Å². The number of methoxy groups -OCH3 is 1. The van der Waals surface area contributed by atoms with E-state index in [1.807, 2.05) is 36.1 Å². The lowest BCUT2D eigenvalue weighted by Gasteiger charge is -2.36. The van der Waals surface area contributed by atoms with Crippen molar-refractivity contribution in [2.24, 2.45) is 0 Å². The largest absolute Gasteiger partial charge is 0.494 e. The summed E-state index contributed by atoms with van der Waals surface area (Å²) in [4.78, 5) is 16.6. The van der Waals surface area contributed by atoms with Crippen LogP contribution in [0.3, 0.4) is 0 Å². The first kappa shape index (κ1) is 20.4. The van der Waals surface area contributed by atoms with Crippen molar-refractivity contribution in [3.05, 3.63) is 58.9 Å². The predicted octanol–water partition coefficient (Wildman–Crippen LogP) is 3.49. The van der Waals surface area contributed by atoms with E-state index in [1.165, 1.54) is 13.2 Å². The molecule has 1 fully saturated rings. The maximum absolute atomic E-state index is 13.9. The number of amides is 1. The Hall–Kier alpha value is -2.31. The van der Waals surface area contributed by atoms with Crippen LogP contribution in [0.5, 0.6) is 5.75 Å². The molecule has 3 rings (SSSR count). The van der Waals surface area contributed by atoms with Gasteiger partial charge >= 0.3 is 0 Å². The summed E-state index contributed by atoms with van der Waals surface area (Å²) in [6.07, 6.45) is 0. The number of hydrogen-bond donors (Lipinski definition) is 1. The minimum absolute atomic E-state index is 0.0478. The van der Waals surface area contributed by atoms with Crippen LogP contribution in [-0.2, 0) is 4.79 Å². The summed E-state index contributed by atoms with van der Waals surface area (Å²) >= 11 is 6.06. The van der Waals surface area contributed by atoms with Gasteiger partial charge in [0.25, 0.3) is 0 Å². The van der Waals surface area contributed by atoms with Crippen molar-refractivity contribution in [1.82, 2.24) is 10.2 Å². The number of rotatable bonds is 6. The molecule has 0 spiro atoms. The molecule has 28 heavy (non-hydrogen) atoms.